The first-order valence-corrected chi connectivity index (χ1v) is 6.61. The zero-order valence-corrected chi connectivity index (χ0v) is 11.8. The SMILES string of the molecule is COC(=O)COc1ccc(-c2nc3ccc(F)cc3[nH]2)cc1. The minimum absolute atomic E-state index is 0.139. The molecule has 1 heterocycles. The fourth-order valence-electron chi connectivity index (χ4n) is 2.03. The number of aromatic nitrogens is 2. The van der Waals surface area contributed by atoms with E-state index in [0.29, 0.717) is 22.6 Å². The van der Waals surface area contributed by atoms with E-state index in [-0.39, 0.29) is 12.4 Å². The number of carbonyl (C=O) groups excluding carboxylic acids is 1. The maximum absolute atomic E-state index is 13.2. The van der Waals surface area contributed by atoms with Crippen LogP contribution in [0.3, 0.4) is 0 Å². The van der Waals surface area contributed by atoms with E-state index in [2.05, 4.69) is 14.7 Å². The summed E-state index contributed by atoms with van der Waals surface area (Å²) in [5.41, 5.74) is 2.17. The van der Waals surface area contributed by atoms with Gasteiger partial charge >= 0.3 is 5.97 Å². The molecular weight excluding hydrogens is 287 g/mol. The molecule has 112 valence electrons. The number of nitrogens with one attached hydrogen (secondary N) is 1. The lowest BCUT2D eigenvalue weighted by Crippen LogP contribution is -2.12. The molecule has 0 amide bonds. The van der Waals surface area contributed by atoms with Gasteiger partial charge in [0.05, 0.1) is 18.1 Å². The van der Waals surface area contributed by atoms with Gasteiger partial charge in [-0.25, -0.2) is 14.2 Å². The van der Waals surface area contributed by atoms with Crippen LogP contribution in [0.25, 0.3) is 22.4 Å². The number of aromatic amines is 1. The summed E-state index contributed by atoms with van der Waals surface area (Å²) < 4.78 is 22.9. The lowest BCUT2D eigenvalue weighted by atomic mass is 10.2. The number of H-pyrrole nitrogens is 1. The van der Waals surface area contributed by atoms with Crippen LogP contribution >= 0.6 is 0 Å². The predicted octanol–water partition coefficient (Wildman–Crippen LogP) is 2.92. The van der Waals surface area contributed by atoms with Crippen LogP contribution in [0, 0.1) is 5.82 Å². The molecule has 6 heteroatoms. The normalized spacial score (nSPS) is 10.6. The van der Waals surface area contributed by atoms with E-state index in [1.165, 1.54) is 19.2 Å². The number of benzene rings is 2. The molecule has 0 unspecified atom stereocenters. The summed E-state index contributed by atoms with van der Waals surface area (Å²) in [5, 5.41) is 0. The van der Waals surface area contributed by atoms with Gasteiger partial charge in [-0.2, -0.15) is 0 Å². The highest BCUT2D eigenvalue weighted by Crippen LogP contribution is 2.23. The van der Waals surface area contributed by atoms with E-state index in [0.717, 1.165) is 5.56 Å². The average Bonchev–Trinajstić information content (AvgIpc) is 2.96. The van der Waals surface area contributed by atoms with Crippen molar-refractivity contribution in [3.05, 3.63) is 48.3 Å². The number of fused-ring (bicyclic) bond motifs is 1. The molecule has 0 spiro atoms. The smallest absolute Gasteiger partial charge is 0.343 e. The summed E-state index contributed by atoms with van der Waals surface area (Å²) in [6.07, 6.45) is 0. The largest absolute Gasteiger partial charge is 0.482 e. The van der Waals surface area contributed by atoms with Gasteiger partial charge in [0, 0.05) is 5.56 Å². The molecule has 5 nitrogen and oxygen atoms in total. The third-order valence-electron chi connectivity index (χ3n) is 3.16. The van der Waals surface area contributed by atoms with Crippen molar-refractivity contribution in [3.63, 3.8) is 0 Å². The first-order valence-electron chi connectivity index (χ1n) is 6.61. The molecule has 1 N–H and O–H groups in total. The molecule has 1 aromatic heterocycles. The van der Waals surface area contributed by atoms with Gasteiger partial charge in [0.1, 0.15) is 17.4 Å². The number of carbonyl (C=O) groups is 1. The number of hydrogen-bond acceptors (Lipinski definition) is 4. The first kappa shape index (κ1) is 14.1. The fraction of sp³-hybridized carbons (Fsp3) is 0.125. The predicted molar refractivity (Wildman–Crippen MR) is 79.0 cm³/mol. The van der Waals surface area contributed by atoms with Gasteiger partial charge in [-0.05, 0) is 42.5 Å². The Hall–Kier alpha value is -2.89. The minimum Gasteiger partial charge on any atom is -0.482 e. The third kappa shape index (κ3) is 2.90. The number of rotatable bonds is 4. The van der Waals surface area contributed by atoms with Crippen molar-refractivity contribution in [2.24, 2.45) is 0 Å². The second-order valence-electron chi connectivity index (χ2n) is 4.64. The van der Waals surface area contributed by atoms with Crippen LogP contribution < -0.4 is 4.74 Å². The number of esters is 1. The Morgan fingerprint density at radius 2 is 2.00 bits per heavy atom. The number of hydrogen-bond donors (Lipinski definition) is 1. The summed E-state index contributed by atoms with van der Waals surface area (Å²) in [6.45, 7) is -0.139. The Balaban J connectivity index is 1.80. The van der Waals surface area contributed by atoms with Crippen molar-refractivity contribution in [1.82, 2.24) is 9.97 Å². The zero-order chi connectivity index (χ0) is 15.5. The van der Waals surface area contributed by atoms with Crippen LogP contribution in [0.4, 0.5) is 4.39 Å². The average molecular weight is 300 g/mol. The summed E-state index contributed by atoms with van der Waals surface area (Å²) in [6, 6.07) is 11.5. The molecule has 2 aromatic carbocycles. The molecule has 0 saturated carbocycles. The number of ether oxygens (including phenoxy) is 2. The zero-order valence-electron chi connectivity index (χ0n) is 11.8. The van der Waals surface area contributed by atoms with Crippen molar-refractivity contribution in [1.29, 1.82) is 0 Å². The number of halogens is 1. The molecule has 0 aliphatic rings. The van der Waals surface area contributed by atoms with Crippen LogP contribution in [0.15, 0.2) is 42.5 Å². The second kappa shape index (κ2) is 5.85. The van der Waals surface area contributed by atoms with E-state index in [1.54, 1.807) is 30.3 Å². The topological polar surface area (TPSA) is 64.2 Å². The highest BCUT2D eigenvalue weighted by atomic mass is 19.1. The summed E-state index contributed by atoms with van der Waals surface area (Å²) in [7, 11) is 1.30. The van der Waals surface area contributed by atoms with E-state index in [9.17, 15) is 9.18 Å². The van der Waals surface area contributed by atoms with Gasteiger partial charge in [0.15, 0.2) is 6.61 Å². The molecule has 0 bridgehead atoms. The van der Waals surface area contributed by atoms with Crippen molar-refractivity contribution in [3.8, 4) is 17.1 Å². The fourth-order valence-corrected chi connectivity index (χ4v) is 2.03. The van der Waals surface area contributed by atoms with E-state index < -0.39 is 5.97 Å². The Bertz CT molecular complexity index is 812. The monoisotopic (exact) mass is 300 g/mol. The molecule has 22 heavy (non-hydrogen) atoms. The standard InChI is InChI=1S/C16H13FN2O3/c1-21-15(20)9-22-12-5-2-10(3-6-12)16-18-13-7-4-11(17)8-14(13)19-16/h2-8H,9H2,1H3,(H,18,19). The van der Waals surface area contributed by atoms with Crippen LogP contribution in [0.1, 0.15) is 0 Å². The first-order chi connectivity index (χ1) is 10.7. The van der Waals surface area contributed by atoms with Crippen molar-refractivity contribution in [2.75, 3.05) is 13.7 Å². The molecule has 0 atom stereocenters. The lowest BCUT2D eigenvalue weighted by molar-refractivity contribution is -0.142. The summed E-state index contributed by atoms with van der Waals surface area (Å²) in [5.74, 6) is 0.439. The minimum atomic E-state index is -0.441. The quantitative estimate of drug-likeness (QED) is 0.752. The molecule has 0 saturated heterocycles. The van der Waals surface area contributed by atoms with Crippen LogP contribution in [0.5, 0.6) is 5.75 Å². The highest BCUT2D eigenvalue weighted by molar-refractivity contribution is 5.79. The maximum atomic E-state index is 13.2. The van der Waals surface area contributed by atoms with Gasteiger partial charge in [0.2, 0.25) is 0 Å². The Labute approximate surface area is 125 Å². The van der Waals surface area contributed by atoms with Gasteiger partial charge in [-0.15, -0.1) is 0 Å². The molecule has 0 aliphatic heterocycles. The molecule has 0 radical (unpaired) electrons. The third-order valence-corrected chi connectivity index (χ3v) is 3.16. The van der Waals surface area contributed by atoms with Crippen LogP contribution in [-0.2, 0) is 9.53 Å². The Kier molecular flexibility index (Phi) is 3.74. The number of methoxy groups -OCH3 is 1. The second-order valence-corrected chi connectivity index (χ2v) is 4.64. The molecule has 0 aliphatic carbocycles. The van der Waals surface area contributed by atoms with Crippen LogP contribution in [-0.4, -0.2) is 29.7 Å². The maximum Gasteiger partial charge on any atom is 0.343 e. The summed E-state index contributed by atoms with van der Waals surface area (Å²) in [4.78, 5) is 18.5. The van der Waals surface area contributed by atoms with Gasteiger partial charge in [-0.1, -0.05) is 0 Å². The molecule has 3 rings (SSSR count). The van der Waals surface area contributed by atoms with Crippen LogP contribution in [0.2, 0.25) is 0 Å². The van der Waals surface area contributed by atoms with Gasteiger partial charge in [0.25, 0.3) is 0 Å². The van der Waals surface area contributed by atoms with Gasteiger partial charge < -0.3 is 14.5 Å². The van der Waals surface area contributed by atoms with E-state index >= 15 is 0 Å². The van der Waals surface area contributed by atoms with Gasteiger partial charge in [-0.3, -0.25) is 0 Å². The Morgan fingerprint density at radius 1 is 1.23 bits per heavy atom. The van der Waals surface area contributed by atoms with Crippen molar-refractivity contribution >= 4 is 17.0 Å². The van der Waals surface area contributed by atoms with E-state index in [1.807, 2.05) is 0 Å². The molecule has 3 aromatic rings. The number of nitrogens with zero attached hydrogens (tertiary/aromatic N) is 1. The highest BCUT2D eigenvalue weighted by Gasteiger charge is 2.07. The Morgan fingerprint density at radius 3 is 2.73 bits per heavy atom. The lowest BCUT2D eigenvalue weighted by Gasteiger charge is -2.05. The molecular formula is C16H13FN2O3. The number of imidazole rings is 1. The molecule has 0 fully saturated rings. The van der Waals surface area contributed by atoms with Crippen molar-refractivity contribution in [2.45, 2.75) is 0 Å². The van der Waals surface area contributed by atoms with E-state index in [4.69, 9.17) is 4.74 Å². The summed E-state index contributed by atoms with van der Waals surface area (Å²) >= 11 is 0. The van der Waals surface area contributed by atoms with Crippen molar-refractivity contribution < 1.29 is 18.7 Å².